The first-order valence-corrected chi connectivity index (χ1v) is 12.7. The average molecular weight is 449 g/mol. The van der Waals surface area contributed by atoms with Crippen molar-refractivity contribution in [2.75, 3.05) is 16.8 Å². The number of anilines is 1. The van der Waals surface area contributed by atoms with E-state index in [0.29, 0.717) is 29.9 Å². The van der Waals surface area contributed by atoms with Gasteiger partial charge in [0.1, 0.15) is 5.82 Å². The van der Waals surface area contributed by atoms with Gasteiger partial charge in [0.05, 0.1) is 16.8 Å². The molecule has 3 rings (SSSR count). The first-order chi connectivity index (χ1) is 14.2. The maximum Gasteiger partial charge on any atom is 0.237 e. The Morgan fingerprint density at radius 3 is 2.70 bits per heavy atom. The normalized spacial score (nSPS) is 19.0. The molecule has 1 aromatic heterocycles. The summed E-state index contributed by atoms with van der Waals surface area (Å²) >= 11 is 1.31. The predicted octanol–water partition coefficient (Wildman–Crippen LogP) is 3.61. The number of hydrogen-bond acceptors (Lipinski definition) is 6. The van der Waals surface area contributed by atoms with Crippen molar-refractivity contribution in [1.82, 2.24) is 14.8 Å². The highest BCUT2D eigenvalue weighted by molar-refractivity contribution is 8.00. The summed E-state index contributed by atoms with van der Waals surface area (Å²) in [6, 6.07) is 7.79. The number of rotatable bonds is 8. The summed E-state index contributed by atoms with van der Waals surface area (Å²) in [5, 5.41) is 11.7. The molecule has 30 heavy (non-hydrogen) atoms. The van der Waals surface area contributed by atoms with E-state index in [-0.39, 0.29) is 23.3 Å². The lowest BCUT2D eigenvalue weighted by atomic mass is 10.0. The minimum atomic E-state index is -3.03. The summed E-state index contributed by atoms with van der Waals surface area (Å²) < 4.78 is 25.6. The Bertz CT molecular complexity index is 1030. The highest BCUT2D eigenvalue weighted by atomic mass is 32.2. The molecule has 1 aliphatic heterocycles. The van der Waals surface area contributed by atoms with Crippen LogP contribution in [0, 0.1) is 0 Å². The molecule has 0 spiro atoms. The molecule has 1 N–H and O–H groups in total. The largest absolute Gasteiger partial charge is 0.325 e. The number of thioether (sulfide) groups is 1. The van der Waals surface area contributed by atoms with Crippen LogP contribution >= 0.6 is 11.8 Å². The topological polar surface area (TPSA) is 93.9 Å². The van der Waals surface area contributed by atoms with Crippen LogP contribution in [0.3, 0.4) is 0 Å². The van der Waals surface area contributed by atoms with Crippen molar-refractivity contribution in [3.63, 3.8) is 0 Å². The van der Waals surface area contributed by atoms with Gasteiger partial charge in [-0.15, -0.1) is 16.8 Å². The summed E-state index contributed by atoms with van der Waals surface area (Å²) in [7, 11) is -3.03. The molecular weight excluding hydrogens is 420 g/mol. The van der Waals surface area contributed by atoms with E-state index in [2.05, 4.69) is 35.9 Å². The molecule has 2 atom stereocenters. The third-order valence-electron chi connectivity index (χ3n) is 5.15. The summed E-state index contributed by atoms with van der Waals surface area (Å²) in [4.78, 5) is 12.8. The fraction of sp³-hybridized carbons (Fsp3) is 0.476. The highest BCUT2D eigenvalue weighted by Crippen LogP contribution is 2.32. The molecular formula is C21H28N4O3S2. The Morgan fingerprint density at radius 1 is 1.33 bits per heavy atom. The van der Waals surface area contributed by atoms with Crippen LogP contribution in [-0.4, -0.2) is 45.8 Å². The quantitative estimate of drug-likeness (QED) is 0.490. The lowest BCUT2D eigenvalue weighted by Gasteiger charge is -2.17. The molecule has 1 aromatic carbocycles. The number of carbonyl (C=O) groups excluding carboxylic acids is 1. The van der Waals surface area contributed by atoms with E-state index in [0.717, 1.165) is 11.3 Å². The van der Waals surface area contributed by atoms with Gasteiger partial charge >= 0.3 is 0 Å². The fourth-order valence-electron chi connectivity index (χ4n) is 3.55. The monoisotopic (exact) mass is 448 g/mol. The number of para-hydroxylation sites is 1. The molecule has 1 amide bonds. The highest BCUT2D eigenvalue weighted by Gasteiger charge is 2.33. The van der Waals surface area contributed by atoms with Gasteiger partial charge in [-0.1, -0.05) is 49.9 Å². The van der Waals surface area contributed by atoms with E-state index in [9.17, 15) is 13.2 Å². The summed E-state index contributed by atoms with van der Waals surface area (Å²) in [6.45, 7) is 10.3. The molecule has 0 bridgehead atoms. The zero-order valence-electron chi connectivity index (χ0n) is 17.5. The number of nitrogens with one attached hydrogen (secondary N) is 1. The SMILES string of the molecule is C=CCn1c(SC(C)C(=O)Nc2ccccc2C(C)C)nnc1C1CCS(=O)(=O)C1. The Hall–Kier alpha value is -2.13. The number of allylic oxidation sites excluding steroid dienone is 1. The van der Waals surface area contributed by atoms with Crippen molar-refractivity contribution >= 4 is 33.2 Å². The van der Waals surface area contributed by atoms with Crippen LogP contribution in [0.2, 0.25) is 0 Å². The molecule has 1 aliphatic rings. The zero-order chi connectivity index (χ0) is 21.9. The molecule has 162 valence electrons. The number of carbonyl (C=O) groups is 1. The van der Waals surface area contributed by atoms with E-state index in [1.165, 1.54) is 11.8 Å². The van der Waals surface area contributed by atoms with Gasteiger partial charge in [0, 0.05) is 18.2 Å². The molecule has 1 saturated heterocycles. The maximum atomic E-state index is 12.8. The zero-order valence-corrected chi connectivity index (χ0v) is 19.2. The molecule has 0 aliphatic carbocycles. The third-order valence-corrected chi connectivity index (χ3v) is 8.00. The average Bonchev–Trinajstić information content (AvgIpc) is 3.25. The third kappa shape index (κ3) is 5.13. The second-order valence-electron chi connectivity index (χ2n) is 7.83. The second-order valence-corrected chi connectivity index (χ2v) is 11.4. The van der Waals surface area contributed by atoms with Crippen molar-refractivity contribution in [3.05, 3.63) is 48.3 Å². The summed E-state index contributed by atoms with van der Waals surface area (Å²) in [5.74, 6) is 0.927. The maximum absolute atomic E-state index is 12.8. The van der Waals surface area contributed by atoms with Crippen molar-refractivity contribution in [1.29, 1.82) is 0 Å². The van der Waals surface area contributed by atoms with E-state index in [1.54, 1.807) is 6.08 Å². The van der Waals surface area contributed by atoms with Crippen LogP contribution in [-0.2, 0) is 21.2 Å². The van der Waals surface area contributed by atoms with Gasteiger partial charge in [0.2, 0.25) is 5.91 Å². The van der Waals surface area contributed by atoms with Gasteiger partial charge in [0.15, 0.2) is 15.0 Å². The number of amides is 1. The van der Waals surface area contributed by atoms with Crippen LogP contribution in [0.15, 0.2) is 42.1 Å². The number of sulfone groups is 1. The van der Waals surface area contributed by atoms with Crippen LogP contribution in [0.5, 0.6) is 0 Å². The lowest BCUT2D eigenvalue weighted by Crippen LogP contribution is -2.24. The Labute approximate surface area is 182 Å². The van der Waals surface area contributed by atoms with E-state index in [4.69, 9.17) is 0 Å². The van der Waals surface area contributed by atoms with E-state index < -0.39 is 15.1 Å². The van der Waals surface area contributed by atoms with Crippen LogP contribution in [0.25, 0.3) is 0 Å². The molecule has 0 radical (unpaired) electrons. The molecule has 1 fully saturated rings. The van der Waals surface area contributed by atoms with Gasteiger partial charge in [0.25, 0.3) is 0 Å². The Morgan fingerprint density at radius 2 is 2.07 bits per heavy atom. The van der Waals surface area contributed by atoms with Gasteiger partial charge in [-0.25, -0.2) is 8.42 Å². The first kappa shape index (κ1) is 22.6. The van der Waals surface area contributed by atoms with Crippen LogP contribution in [0.4, 0.5) is 5.69 Å². The standard InChI is InChI=1S/C21H28N4O3S2/c1-5-11-25-19(16-10-12-30(27,28)13-16)23-24-21(25)29-15(4)20(26)22-18-9-7-6-8-17(18)14(2)3/h5-9,14-16H,1,10-13H2,2-4H3,(H,22,26). The minimum Gasteiger partial charge on any atom is -0.325 e. The minimum absolute atomic E-state index is 0.0922. The summed E-state index contributed by atoms with van der Waals surface area (Å²) in [5.41, 5.74) is 1.90. The number of hydrogen-bond donors (Lipinski definition) is 1. The van der Waals surface area contributed by atoms with E-state index >= 15 is 0 Å². The van der Waals surface area contributed by atoms with Crippen molar-refractivity contribution in [2.24, 2.45) is 0 Å². The van der Waals surface area contributed by atoms with Gasteiger partial charge in [-0.3, -0.25) is 4.79 Å². The number of nitrogens with zero attached hydrogens (tertiary/aromatic N) is 3. The van der Waals surface area contributed by atoms with Crippen molar-refractivity contribution in [2.45, 2.75) is 56.0 Å². The van der Waals surface area contributed by atoms with E-state index in [1.807, 2.05) is 35.8 Å². The molecule has 9 heteroatoms. The van der Waals surface area contributed by atoms with Gasteiger partial charge in [-0.2, -0.15) is 0 Å². The predicted molar refractivity (Wildman–Crippen MR) is 121 cm³/mol. The van der Waals surface area contributed by atoms with Crippen molar-refractivity contribution in [3.8, 4) is 0 Å². The fourth-order valence-corrected chi connectivity index (χ4v) is 6.15. The first-order valence-electron chi connectivity index (χ1n) is 10.0. The Balaban J connectivity index is 1.76. The summed E-state index contributed by atoms with van der Waals surface area (Å²) in [6.07, 6.45) is 2.27. The second kappa shape index (κ2) is 9.34. The Kier molecular flexibility index (Phi) is 7.02. The number of benzene rings is 1. The molecule has 7 nitrogen and oxygen atoms in total. The number of aromatic nitrogens is 3. The van der Waals surface area contributed by atoms with Crippen LogP contribution < -0.4 is 5.32 Å². The molecule has 2 aromatic rings. The molecule has 2 unspecified atom stereocenters. The molecule has 0 saturated carbocycles. The van der Waals surface area contributed by atoms with Crippen LogP contribution in [0.1, 0.15) is 50.4 Å². The van der Waals surface area contributed by atoms with Gasteiger partial charge < -0.3 is 9.88 Å². The lowest BCUT2D eigenvalue weighted by molar-refractivity contribution is -0.115. The smallest absolute Gasteiger partial charge is 0.237 e. The van der Waals surface area contributed by atoms with Crippen molar-refractivity contribution < 1.29 is 13.2 Å². The van der Waals surface area contributed by atoms with Gasteiger partial charge in [-0.05, 0) is 30.9 Å². The molecule has 2 heterocycles.